The number of hydrogen-bond donors (Lipinski definition) is 0. The van der Waals surface area contributed by atoms with Crippen molar-refractivity contribution in [2.45, 2.75) is 39.3 Å². The van der Waals surface area contributed by atoms with Gasteiger partial charge in [0.25, 0.3) is 0 Å². The predicted octanol–water partition coefficient (Wildman–Crippen LogP) is 7.09. The van der Waals surface area contributed by atoms with Crippen molar-refractivity contribution in [2.24, 2.45) is 0 Å². The van der Waals surface area contributed by atoms with Crippen LogP contribution in [-0.2, 0) is 8.23 Å². The van der Waals surface area contributed by atoms with E-state index in [2.05, 4.69) is 31.9 Å². The summed E-state index contributed by atoms with van der Waals surface area (Å²) in [6.45, 7) is 11.5. The van der Waals surface area contributed by atoms with E-state index in [-0.39, 0.29) is 11.6 Å². The van der Waals surface area contributed by atoms with Gasteiger partial charge in [-0.05, 0) is 108 Å². The Labute approximate surface area is 190 Å². The molecule has 0 amide bonds. The highest BCUT2D eigenvalue weighted by Gasteiger charge is 2.43. The van der Waals surface area contributed by atoms with E-state index in [4.69, 9.17) is 17.1 Å². The smallest absolute Gasteiger partial charge is 0.383 e. The van der Waals surface area contributed by atoms with Crippen LogP contribution < -0.4 is 8.85 Å². The highest BCUT2D eigenvalue weighted by Crippen LogP contribution is 2.32. The SMILES string of the molecule is C[Si](C)(Oc1ccc(F)cc1Br)O[Si](C)(C)O[Si](C)(C)Oc1ccc(F)cc1Br. The van der Waals surface area contributed by atoms with Gasteiger partial charge in [0.15, 0.2) is 0 Å². The first kappa shape index (κ1) is 24.7. The molecule has 0 atom stereocenters. The van der Waals surface area contributed by atoms with Gasteiger partial charge in [-0.3, -0.25) is 0 Å². The summed E-state index contributed by atoms with van der Waals surface area (Å²) >= 11 is 6.63. The van der Waals surface area contributed by atoms with Crippen LogP contribution in [-0.4, -0.2) is 25.7 Å². The van der Waals surface area contributed by atoms with Crippen LogP contribution in [0.15, 0.2) is 45.3 Å². The van der Waals surface area contributed by atoms with Crippen LogP contribution in [0.5, 0.6) is 11.5 Å². The molecule has 0 aliphatic carbocycles. The number of benzene rings is 2. The Hall–Kier alpha value is -0.569. The van der Waals surface area contributed by atoms with E-state index in [9.17, 15) is 8.78 Å². The van der Waals surface area contributed by atoms with Crippen LogP contribution >= 0.6 is 31.9 Å². The van der Waals surface area contributed by atoms with Crippen molar-refractivity contribution in [3.63, 3.8) is 0 Å². The third kappa shape index (κ3) is 7.89. The fraction of sp³-hybridized carbons (Fsp3) is 0.333. The number of halogens is 4. The zero-order chi connectivity index (χ0) is 22.0. The number of rotatable bonds is 8. The van der Waals surface area contributed by atoms with Crippen molar-refractivity contribution in [1.29, 1.82) is 0 Å². The summed E-state index contributed by atoms with van der Waals surface area (Å²) in [7, 11) is -7.94. The topological polar surface area (TPSA) is 36.9 Å². The van der Waals surface area contributed by atoms with Gasteiger partial charge >= 0.3 is 25.7 Å². The lowest BCUT2D eigenvalue weighted by atomic mass is 10.3. The Morgan fingerprint density at radius 2 is 0.966 bits per heavy atom. The summed E-state index contributed by atoms with van der Waals surface area (Å²) in [5.41, 5.74) is 0. The second kappa shape index (κ2) is 9.28. The third-order valence-corrected chi connectivity index (χ3v) is 14.0. The van der Waals surface area contributed by atoms with Crippen LogP contribution in [0.25, 0.3) is 0 Å². The lowest BCUT2D eigenvalue weighted by Gasteiger charge is -2.37. The van der Waals surface area contributed by atoms with E-state index < -0.39 is 25.7 Å². The second-order valence-corrected chi connectivity index (χ2v) is 19.9. The fourth-order valence-electron chi connectivity index (χ4n) is 2.89. The average Bonchev–Trinajstić information content (AvgIpc) is 2.50. The second-order valence-electron chi connectivity index (χ2n) is 7.76. The van der Waals surface area contributed by atoms with Crippen molar-refractivity contribution >= 4 is 57.5 Å². The van der Waals surface area contributed by atoms with Crippen LogP contribution in [0.1, 0.15) is 0 Å². The molecular formula is C18H24Br2F2O4Si3. The van der Waals surface area contributed by atoms with Crippen molar-refractivity contribution in [2.75, 3.05) is 0 Å². The van der Waals surface area contributed by atoms with Gasteiger partial charge in [-0.25, -0.2) is 8.78 Å². The molecule has 2 aromatic rings. The van der Waals surface area contributed by atoms with E-state index in [1.165, 1.54) is 24.3 Å². The molecule has 0 saturated heterocycles. The maximum atomic E-state index is 13.3. The molecule has 0 aliphatic heterocycles. The minimum Gasteiger partial charge on any atom is -0.520 e. The van der Waals surface area contributed by atoms with Crippen LogP contribution in [0, 0.1) is 11.6 Å². The first-order valence-corrected chi connectivity index (χ1v) is 18.9. The summed E-state index contributed by atoms with van der Waals surface area (Å²) in [5.74, 6) is 0.353. The molecule has 2 rings (SSSR count). The standard InChI is InChI=1S/C18H24Br2F2O4Si3/c1-27(2,23-17-9-7-13(21)11-15(17)19)25-29(5,6)26-28(3,4)24-18-10-8-14(22)12-16(18)20/h7-12H,1-6H3. The Morgan fingerprint density at radius 1 is 0.621 bits per heavy atom. The highest BCUT2D eigenvalue weighted by molar-refractivity contribution is 9.10. The Morgan fingerprint density at radius 3 is 1.28 bits per heavy atom. The monoisotopic (exact) mass is 584 g/mol. The minimum absolute atomic E-state index is 0.348. The van der Waals surface area contributed by atoms with Crippen LogP contribution in [0.3, 0.4) is 0 Å². The van der Waals surface area contributed by atoms with E-state index in [1.807, 2.05) is 39.3 Å². The van der Waals surface area contributed by atoms with E-state index in [0.29, 0.717) is 20.4 Å². The van der Waals surface area contributed by atoms with Gasteiger partial charge < -0.3 is 17.1 Å². The molecule has 0 heterocycles. The van der Waals surface area contributed by atoms with Gasteiger partial charge in [-0.15, -0.1) is 0 Å². The van der Waals surface area contributed by atoms with Crippen molar-refractivity contribution in [3.8, 4) is 11.5 Å². The third-order valence-electron chi connectivity index (χ3n) is 3.48. The van der Waals surface area contributed by atoms with E-state index in [0.717, 1.165) is 0 Å². The Kier molecular flexibility index (Phi) is 7.91. The zero-order valence-electron chi connectivity index (χ0n) is 17.1. The predicted molar refractivity (Wildman–Crippen MR) is 124 cm³/mol. The highest BCUT2D eigenvalue weighted by atomic mass is 79.9. The summed E-state index contributed by atoms with van der Waals surface area (Å²) in [6, 6.07) is 8.52. The van der Waals surface area contributed by atoms with Crippen LogP contribution in [0.2, 0.25) is 39.3 Å². The summed E-state index contributed by atoms with van der Waals surface area (Å²) in [6.07, 6.45) is 0. The molecule has 11 heteroatoms. The normalized spacial score (nSPS) is 12.8. The lowest BCUT2D eigenvalue weighted by molar-refractivity contribution is 0.301. The average molecular weight is 586 g/mol. The summed E-state index contributed by atoms with van der Waals surface area (Å²) < 4.78 is 52.5. The van der Waals surface area contributed by atoms with E-state index >= 15 is 0 Å². The van der Waals surface area contributed by atoms with Crippen molar-refractivity contribution in [1.82, 2.24) is 0 Å². The van der Waals surface area contributed by atoms with Gasteiger partial charge in [-0.1, -0.05) is 0 Å². The van der Waals surface area contributed by atoms with Gasteiger partial charge in [-0.2, -0.15) is 0 Å². The molecule has 4 nitrogen and oxygen atoms in total. The molecule has 160 valence electrons. The van der Waals surface area contributed by atoms with Gasteiger partial charge in [0.1, 0.15) is 23.1 Å². The molecular weight excluding hydrogens is 562 g/mol. The molecule has 0 aliphatic rings. The Balaban J connectivity index is 2.08. The lowest BCUT2D eigenvalue weighted by Crippen LogP contribution is -2.56. The van der Waals surface area contributed by atoms with Gasteiger partial charge in [0.2, 0.25) is 0 Å². The van der Waals surface area contributed by atoms with E-state index in [1.54, 1.807) is 12.1 Å². The molecule has 2 aromatic carbocycles. The zero-order valence-corrected chi connectivity index (χ0v) is 23.3. The quantitative estimate of drug-likeness (QED) is 0.310. The van der Waals surface area contributed by atoms with Crippen LogP contribution in [0.4, 0.5) is 8.78 Å². The van der Waals surface area contributed by atoms with Gasteiger partial charge in [0, 0.05) is 0 Å². The minimum atomic E-state index is -2.65. The number of hydrogen-bond acceptors (Lipinski definition) is 4. The molecule has 0 spiro atoms. The molecule has 0 bridgehead atoms. The first-order chi connectivity index (χ1) is 13.2. The van der Waals surface area contributed by atoms with Crippen molar-refractivity contribution in [3.05, 3.63) is 57.0 Å². The Bertz CT molecular complexity index is 813. The maximum Gasteiger partial charge on any atom is 0.383 e. The molecule has 0 radical (unpaired) electrons. The van der Waals surface area contributed by atoms with Crippen molar-refractivity contribution < 1.29 is 25.9 Å². The maximum absolute atomic E-state index is 13.3. The molecule has 0 aromatic heterocycles. The molecule has 0 fully saturated rings. The summed E-state index contributed by atoms with van der Waals surface area (Å²) in [5, 5.41) is 0. The molecule has 0 unspecified atom stereocenters. The van der Waals surface area contributed by atoms with Gasteiger partial charge in [0.05, 0.1) is 8.95 Å². The molecule has 0 saturated carbocycles. The largest absolute Gasteiger partial charge is 0.520 e. The molecule has 0 N–H and O–H groups in total. The fourth-order valence-corrected chi connectivity index (χ4v) is 15.8. The summed E-state index contributed by atoms with van der Waals surface area (Å²) in [4.78, 5) is 0. The first-order valence-electron chi connectivity index (χ1n) is 8.86. The molecule has 29 heavy (non-hydrogen) atoms.